The summed E-state index contributed by atoms with van der Waals surface area (Å²) in [4.78, 5) is 23.9. The van der Waals surface area contributed by atoms with E-state index in [0.29, 0.717) is 19.4 Å². The van der Waals surface area contributed by atoms with Gasteiger partial charge in [0.15, 0.2) is 0 Å². The number of methoxy groups -OCH3 is 2. The van der Waals surface area contributed by atoms with Crippen molar-refractivity contribution in [1.29, 1.82) is 0 Å². The van der Waals surface area contributed by atoms with Crippen LogP contribution in [0.4, 0.5) is 0 Å². The van der Waals surface area contributed by atoms with Crippen LogP contribution in [0.1, 0.15) is 19.3 Å². The maximum Gasteiger partial charge on any atom is 0.330 e. The van der Waals surface area contributed by atoms with Crippen molar-refractivity contribution < 1.29 is 19.1 Å². The highest BCUT2D eigenvalue weighted by atomic mass is 16.5. The third-order valence-corrected chi connectivity index (χ3v) is 2.54. The van der Waals surface area contributed by atoms with Crippen molar-refractivity contribution in [3.63, 3.8) is 0 Å². The van der Waals surface area contributed by atoms with E-state index in [1.807, 2.05) is 0 Å². The number of carbonyl (C=O) groups excluding carboxylic acids is 2. The second-order valence-electron chi connectivity index (χ2n) is 3.53. The Kier molecular flexibility index (Phi) is 4.98. The lowest BCUT2D eigenvalue weighted by Gasteiger charge is -2.22. The molecule has 5 heteroatoms. The molecule has 1 aliphatic rings. The predicted molar refractivity (Wildman–Crippen MR) is 57.5 cm³/mol. The van der Waals surface area contributed by atoms with Crippen LogP contribution in [0.3, 0.4) is 0 Å². The lowest BCUT2D eigenvalue weighted by molar-refractivity contribution is -0.135. The monoisotopic (exact) mass is 227 g/mol. The van der Waals surface area contributed by atoms with Gasteiger partial charge in [-0.15, -0.1) is 0 Å². The topological polar surface area (TPSA) is 55.8 Å². The molecule has 0 radical (unpaired) electrons. The molecule has 16 heavy (non-hydrogen) atoms. The van der Waals surface area contributed by atoms with E-state index < -0.39 is 0 Å². The van der Waals surface area contributed by atoms with Crippen LogP contribution in [-0.2, 0) is 19.1 Å². The van der Waals surface area contributed by atoms with Crippen molar-refractivity contribution in [2.75, 3.05) is 20.8 Å². The second kappa shape index (κ2) is 6.27. The summed E-state index contributed by atoms with van der Waals surface area (Å²) in [6.45, 7) is 0.574. The highest BCUT2D eigenvalue weighted by Crippen LogP contribution is 2.19. The number of hydrogen-bond donors (Lipinski definition) is 0. The highest BCUT2D eigenvalue weighted by Gasteiger charge is 2.29. The summed E-state index contributed by atoms with van der Waals surface area (Å²) in [5.41, 5.74) is 0. The van der Waals surface area contributed by atoms with E-state index in [-0.39, 0.29) is 18.1 Å². The van der Waals surface area contributed by atoms with Crippen LogP contribution in [0.15, 0.2) is 12.2 Å². The Bertz CT molecular complexity index is 288. The fraction of sp³-hybridized carbons (Fsp3) is 0.636. The Hall–Kier alpha value is -1.36. The molecule has 1 fully saturated rings. The zero-order valence-electron chi connectivity index (χ0n) is 9.64. The van der Waals surface area contributed by atoms with Crippen LogP contribution in [0, 0.1) is 0 Å². The van der Waals surface area contributed by atoms with Gasteiger partial charge in [0, 0.05) is 32.6 Å². The molecule has 90 valence electrons. The van der Waals surface area contributed by atoms with Crippen LogP contribution >= 0.6 is 0 Å². The maximum atomic E-state index is 11.5. The highest BCUT2D eigenvalue weighted by molar-refractivity contribution is 5.81. The number of nitrogens with zero attached hydrogens (tertiary/aromatic N) is 1. The van der Waals surface area contributed by atoms with Crippen molar-refractivity contribution in [3.05, 3.63) is 12.2 Å². The van der Waals surface area contributed by atoms with Crippen LogP contribution in [0.25, 0.3) is 0 Å². The summed E-state index contributed by atoms with van der Waals surface area (Å²) in [5.74, 6) is -0.269. The van der Waals surface area contributed by atoms with Gasteiger partial charge in [-0.3, -0.25) is 4.79 Å². The summed E-state index contributed by atoms with van der Waals surface area (Å²) >= 11 is 0. The summed E-state index contributed by atoms with van der Waals surface area (Å²) in [6.07, 6.45) is 4.86. The zero-order valence-corrected chi connectivity index (χ0v) is 9.64. The first-order valence-electron chi connectivity index (χ1n) is 5.25. The molecule has 0 aromatic heterocycles. The number of likely N-dealkylation sites (tertiary alicyclic amines) is 1. The van der Waals surface area contributed by atoms with Gasteiger partial charge in [-0.05, 0) is 6.42 Å². The number of ether oxygens (including phenoxy) is 2. The van der Waals surface area contributed by atoms with Crippen molar-refractivity contribution in [2.24, 2.45) is 0 Å². The molecule has 0 spiro atoms. The molecular formula is C11H17NO4. The van der Waals surface area contributed by atoms with Crippen LogP contribution in [0.2, 0.25) is 0 Å². The smallest absolute Gasteiger partial charge is 0.330 e. The van der Waals surface area contributed by atoms with E-state index in [1.54, 1.807) is 18.1 Å². The number of esters is 1. The molecule has 0 bridgehead atoms. The summed E-state index contributed by atoms with van der Waals surface area (Å²) in [6, 6.07) is 0. The van der Waals surface area contributed by atoms with Gasteiger partial charge >= 0.3 is 5.97 Å². The van der Waals surface area contributed by atoms with Crippen LogP contribution in [-0.4, -0.2) is 43.8 Å². The molecule has 1 amide bonds. The number of carbonyl (C=O) groups is 2. The van der Waals surface area contributed by atoms with E-state index in [4.69, 9.17) is 4.74 Å². The molecule has 1 atom stereocenters. The van der Waals surface area contributed by atoms with Crippen molar-refractivity contribution in [2.45, 2.75) is 25.5 Å². The fourth-order valence-electron chi connectivity index (χ4n) is 1.68. The first kappa shape index (κ1) is 12.7. The lowest BCUT2D eigenvalue weighted by Crippen LogP contribution is -2.34. The molecule has 1 heterocycles. The minimum absolute atomic E-state index is 0.110. The van der Waals surface area contributed by atoms with Gasteiger partial charge in [-0.2, -0.15) is 0 Å². The molecule has 1 saturated heterocycles. The first-order chi connectivity index (χ1) is 7.69. The standard InChI is InChI=1S/C11H17NO4/c1-15-10-7-6-9(13)12(10)8-4-3-5-11(14)16-2/h3,5,10H,4,6-8H2,1-2H3/b5-3+. The molecular weight excluding hydrogens is 210 g/mol. The summed E-state index contributed by atoms with van der Waals surface area (Å²) < 4.78 is 9.64. The Balaban J connectivity index is 2.33. The van der Waals surface area contributed by atoms with Gasteiger partial charge in [0.05, 0.1) is 7.11 Å². The van der Waals surface area contributed by atoms with E-state index in [2.05, 4.69) is 4.74 Å². The minimum Gasteiger partial charge on any atom is -0.466 e. The molecule has 0 saturated carbocycles. The molecule has 0 aliphatic carbocycles. The lowest BCUT2D eigenvalue weighted by atomic mass is 10.3. The van der Waals surface area contributed by atoms with Gasteiger partial charge in [0.25, 0.3) is 0 Å². The van der Waals surface area contributed by atoms with Crippen molar-refractivity contribution >= 4 is 11.9 Å². The molecule has 5 nitrogen and oxygen atoms in total. The van der Waals surface area contributed by atoms with Gasteiger partial charge in [-0.1, -0.05) is 6.08 Å². The van der Waals surface area contributed by atoms with Crippen LogP contribution < -0.4 is 0 Å². The summed E-state index contributed by atoms with van der Waals surface area (Å²) in [5, 5.41) is 0. The summed E-state index contributed by atoms with van der Waals surface area (Å²) in [7, 11) is 2.93. The van der Waals surface area contributed by atoms with Crippen molar-refractivity contribution in [1.82, 2.24) is 4.90 Å². The third kappa shape index (κ3) is 3.34. The molecule has 1 unspecified atom stereocenters. The third-order valence-electron chi connectivity index (χ3n) is 2.54. The first-order valence-corrected chi connectivity index (χ1v) is 5.25. The minimum atomic E-state index is -0.379. The van der Waals surface area contributed by atoms with E-state index in [1.165, 1.54) is 13.2 Å². The normalized spacial score (nSPS) is 20.8. The van der Waals surface area contributed by atoms with Gasteiger partial charge in [-0.25, -0.2) is 4.79 Å². The van der Waals surface area contributed by atoms with Gasteiger partial charge in [0.2, 0.25) is 5.91 Å². The van der Waals surface area contributed by atoms with Crippen molar-refractivity contribution in [3.8, 4) is 0 Å². The molecule has 0 N–H and O–H groups in total. The number of amides is 1. The molecule has 0 aromatic rings. The maximum absolute atomic E-state index is 11.5. The Morgan fingerprint density at radius 3 is 2.94 bits per heavy atom. The second-order valence-corrected chi connectivity index (χ2v) is 3.53. The van der Waals surface area contributed by atoms with Crippen LogP contribution in [0.5, 0.6) is 0 Å². The van der Waals surface area contributed by atoms with E-state index in [9.17, 15) is 9.59 Å². The predicted octanol–water partition coefficient (Wildman–Crippen LogP) is 0.701. The average Bonchev–Trinajstić information content (AvgIpc) is 2.65. The average molecular weight is 227 g/mol. The van der Waals surface area contributed by atoms with E-state index >= 15 is 0 Å². The van der Waals surface area contributed by atoms with Gasteiger partial charge < -0.3 is 14.4 Å². The molecule has 1 rings (SSSR count). The van der Waals surface area contributed by atoms with E-state index in [0.717, 1.165) is 6.42 Å². The Morgan fingerprint density at radius 1 is 1.56 bits per heavy atom. The number of hydrogen-bond acceptors (Lipinski definition) is 4. The Labute approximate surface area is 95.0 Å². The fourth-order valence-corrected chi connectivity index (χ4v) is 1.68. The van der Waals surface area contributed by atoms with Gasteiger partial charge in [0.1, 0.15) is 6.23 Å². The zero-order chi connectivity index (χ0) is 12.0. The Morgan fingerprint density at radius 2 is 2.31 bits per heavy atom. The SMILES string of the molecule is COC(=O)/C=C/CCN1C(=O)CCC1OC. The number of rotatable bonds is 5. The quantitative estimate of drug-likeness (QED) is 0.512. The molecule has 1 aliphatic heterocycles. The molecule has 0 aromatic carbocycles. The largest absolute Gasteiger partial charge is 0.466 e.